The SMILES string of the molecule is CC(C)COc1cccc(C(=O)N2CCOC(C)C2)c1. The molecule has 4 nitrogen and oxygen atoms in total. The quantitative estimate of drug-likeness (QED) is 0.849. The lowest BCUT2D eigenvalue weighted by Gasteiger charge is -2.31. The number of amides is 1. The normalized spacial score (nSPS) is 19.2. The Morgan fingerprint density at radius 3 is 3.00 bits per heavy atom. The average Bonchev–Trinajstić information content (AvgIpc) is 2.44. The van der Waals surface area contributed by atoms with Gasteiger partial charge in [0.05, 0.1) is 19.3 Å². The molecule has 0 bridgehead atoms. The summed E-state index contributed by atoms with van der Waals surface area (Å²) < 4.78 is 11.1. The van der Waals surface area contributed by atoms with Crippen LogP contribution in [0.4, 0.5) is 0 Å². The number of carbonyl (C=O) groups is 1. The fourth-order valence-electron chi connectivity index (χ4n) is 2.17. The van der Waals surface area contributed by atoms with E-state index in [0.29, 0.717) is 37.8 Å². The highest BCUT2D eigenvalue weighted by atomic mass is 16.5. The predicted octanol–water partition coefficient (Wildman–Crippen LogP) is 2.58. The molecule has 1 amide bonds. The molecule has 0 radical (unpaired) electrons. The summed E-state index contributed by atoms with van der Waals surface area (Å²) in [7, 11) is 0. The Morgan fingerprint density at radius 2 is 2.30 bits per heavy atom. The van der Waals surface area contributed by atoms with Crippen molar-refractivity contribution in [2.24, 2.45) is 5.92 Å². The van der Waals surface area contributed by atoms with E-state index >= 15 is 0 Å². The minimum Gasteiger partial charge on any atom is -0.493 e. The van der Waals surface area contributed by atoms with E-state index in [1.807, 2.05) is 36.1 Å². The van der Waals surface area contributed by atoms with Gasteiger partial charge in [-0.1, -0.05) is 19.9 Å². The van der Waals surface area contributed by atoms with Gasteiger partial charge in [-0.2, -0.15) is 0 Å². The summed E-state index contributed by atoms with van der Waals surface area (Å²) in [5, 5.41) is 0. The summed E-state index contributed by atoms with van der Waals surface area (Å²) in [6.45, 7) is 8.76. The summed E-state index contributed by atoms with van der Waals surface area (Å²) >= 11 is 0. The minimum absolute atomic E-state index is 0.0511. The van der Waals surface area contributed by atoms with Crippen molar-refractivity contribution in [3.63, 3.8) is 0 Å². The maximum Gasteiger partial charge on any atom is 0.254 e. The first kappa shape index (κ1) is 14.9. The molecular formula is C16H23NO3. The molecule has 1 aliphatic rings. The van der Waals surface area contributed by atoms with Crippen LogP contribution in [0.25, 0.3) is 0 Å². The average molecular weight is 277 g/mol. The van der Waals surface area contributed by atoms with E-state index in [9.17, 15) is 4.79 Å². The molecule has 4 heteroatoms. The van der Waals surface area contributed by atoms with Gasteiger partial charge in [-0.15, -0.1) is 0 Å². The van der Waals surface area contributed by atoms with Crippen molar-refractivity contribution in [2.45, 2.75) is 26.9 Å². The number of ether oxygens (including phenoxy) is 2. The first-order chi connectivity index (χ1) is 9.56. The van der Waals surface area contributed by atoms with Crippen molar-refractivity contribution in [3.8, 4) is 5.75 Å². The van der Waals surface area contributed by atoms with Gasteiger partial charge in [0.2, 0.25) is 0 Å². The van der Waals surface area contributed by atoms with Crippen LogP contribution in [-0.2, 0) is 4.74 Å². The summed E-state index contributed by atoms with van der Waals surface area (Å²) in [6, 6.07) is 7.42. The Hall–Kier alpha value is -1.55. The van der Waals surface area contributed by atoms with Gasteiger partial charge < -0.3 is 14.4 Å². The van der Waals surface area contributed by atoms with Crippen LogP contribution < -0.4 is 4.74 Å². The number of benzene rings is 1. The molecule has 1 aromatic rings. The monoisotopic (exact) mass is 277 g/mol. The van der Waals surface area contributed by atoms with Crippen molar-refractivity contribution in [1.82, 2.24) is 4.90 Å². The Bertz CT molecular complexity index is 459. The van der Waals surface area contributed by atoms with Gasteiger partial charge in [-0.25, -0.2) is 0 Å². The lowest BCUT2D eigenvalue weighted by molar-refractivity contribution is -0.0124. The van der Waals surface area contributed by atoms with E-state index < -0.39 is 0 Å². The van der Waals surface area contributed by atoms with Crippen molar-refractivity contribution >= 4 is 5.91 Å². The number of rotatable bonds is 4. The predicted molar refractivity (Wildman–Crippen MR) is 78.1 cm³/mol. The Morgan fingerprint density at radius 1 is 1.50 bits per heavy atom. The largest absolute Gasteiger partial charge is 0.493 e. The summed E-state index contributed by atoms with van der Waals surface area (Å²) in [6.07, 6.45) is 0.105. The standard InChI is InChI=1S/C16H23NO3/c1-12(2)11-20-15-6-4-5-14(9-15)16(18)17-7-8-19-13(3)10-17/h4-6,9,12-13H,7-8,10-11H2,1-3H3. The van der Waals surface area contributed by atoms with Crippen LogP contribution in [-0.4, -0.2) is 43.2 Å². The third kappa shape index (κ3) is 3.97. The smallest absolute Gasteiger partial charge is 0.254 e. The molecular weight excluding hydrogens is 254 g/mol. The highest BCUT2D eigenvalue weighted by molar-refractivity contribution is 5.94. The first-order valence-electron chi connectivity index (χ1n) is 7.20. The van der Waals surface area contributed by atoms with Crippen molar-refractivity contribution in [1.29, 1.82) is 0 Å². The molecule has 110 valence electrons. The molecule has 2 rings (SSSR count). The molecule has 0 N–H and O–H groups in total. The highest BCUT2D eigenvalue weighted by Gasteiger charge is 2.22. The van der Waals surface area contributed by atoms with Gasteiger partial charge in [0.15, 0.2) is 0 Å². The van der Waals surface area contributed by atoms with Crippen LogP contribution in [0.3, 0.4) is 0 Å². The fraction of sp³-hybridized carbons (Fsp3) is 0.562. The van der Waals surface area contributed by atoms with Crippen LogP contribution >= 0.6 is 0 Å². The molecule has 1 atom stereocenters. The van der Waals surface area contributed by atoms with Crippen molar-refractivity contribution in [2.75, 3.05) is 26.3 Å². The molecule has 1 heterocycles. The Kier molecular flexibility index (Phi) is 5.01. The van der Waals surface area contributed by atoms with E-state index in [0.717, 1.165) is 5.75 Å². The summed E-state index contributed by atoms with van der Waals surface area (Å²) in [5.41, 5.74) is 0.681. The zero-order valence-electron chi connectivity index (χ0n) is 12.5. The number of morpholine rings is 1. The fourth-order valence-corrected chi connectivity index (χ4v) is 2.17. The molecule has 1 fully saturated rings. The van der Waals surface area contributed by atoms with Gasteiger partial charge in [-0.05, 0) is 31.0 Å². The Labute approximate surface area is 120 Å². The third-order valence-electron chi connectivity index (χ3n) is 3.19. The summed E-state index contributed by atoms with van der Waals surface area (Å²) in [4.78, 5) is 14.3. The maximum absolute atomic E-state index is 12.5. The van der Waals surface area contributed by atoms with Gasteiger partial charge in [0, 0.05) is 18.7 Å². The van der Waals surface area contributed by atoms with Crippen LogP contribution in [0.5, 0.6) is 5.75 Å². The lowest BCUT2D eigenvalue weighted by atomic mass is 10.1. The van der Waals surface area contributed by atoms with Crippen molar-refractivity contribution in [3.05, 3.63) is 29.8 Å². The van der Waals surface area contributed by atoms with Crippen LogP contribution in [0.15, 0.2) is 24.3 Å². The van der Waals surface area contributed by atoms with Crippen LogP contribution in [0.1, 0.15) is 31.1 Å². The molecule has 1 saturated heterocycles. The van der Waals surface area contributed by atoms with Crippen LogP contribution in [0, 0.1) is 5.92 Å². The maximum atomic E-state index is 12.5. The first-order valence-corrected chi connectivity index (χ1v) is 7.20. The van der Waals surface area contributed by atoms with E-state index in [1.165, 1.54) is 0 Å². The highest BCUT2D eigenvalue weighted by Crippen LogP contribution is 2.17. The summed E-state index contributed by atoms with van der Waals surface area (Å²) in [5.74, 6) is 1.27. The van der Waals surface area contributed by atoms with E-state index in [1.54, 1.807) is 0 Å². The third-order valence-corrected chi connectivity index (χ3v) is 3.19. The molecule has 1 aromatic carbocycles. The van der Waals surface area contributed by atoms with Gasteiger partial charge in [-0.3, -0.25) is 4.79 Å². The molecule has 0 saturated carbocycles. The number of hydrogen-bond donors (Lipinski definition) is 0. The molecule has 0 spiro atoms. The number of hydrogen-bond acceptors (Lipinski definition) is 3. The second kappa shape index (κ2) is 6.75. The van der Waals surface area contributed by atoms with E-state index in [4.69, 9.17) is 9.47 Å². The minimum atomic E-state index is 0.0511. The second-order valence-corrected chi connectivity index (χ2v) is 5.67. The van der Waals surface area contributed by atoms with Gasteiger partial charge >= 0.3 is 0 Å². The molecule has 0 aliphatic carbocycles. The molecule has 20 heavy (non-hydrogen) atoms. The van der Waals surface area contributed by atoms with E-state index in [-0.39, 0.29) is 12.0 Å². The molecule has 1 unspecified atom stereocenters. The van der Waals surface area contributed by atoms with Gasteiger partial charge in [0.25, 0.3) is 5.91 Å². The number of carbonyl (C=O) groups excluding carboxylic acids is 1. The Balaban J connectivity index is 2.04. The van der Waals surface area contributed by atoms with E-state index in [2.05, 4.69) is 13.8 Å². The zero-order valence-corrected chi connectivity index (χ0v) is 12.5. The topological polar surface area (TPSA) is 38.8 Å². The number of nitrogens with zero attached hydrogens (tertiary/aromatic N) is 1. The van der Waals surface area contributed by atoms with Crippen LogP contribution in [0.2, 0.25) is 0 Å². The van der Waals surface area contributed by atoms with Crippen molar-refractivity contribution < 1.29 is 14.3 Å². The van der Waals surface area contributed by atoms with Gasteiger partial charge in [0.1, 0.15) is 5.75 Å². The zero-order chi connectivity index (χ0) is 14.5. The lowest BCUT2D eigenvalue weighted by Crippen LogP contribution is -2.44. The second-order valence-electron chi connectivity index (χ2n) is 5.67. The molecule has 1 aliphatic heterocycles. The molecule has 0 aromatic heterocycles.